The fraction of sp³-hybridized carbons (Fsp3) is 0.562. The molecule has 10 nitrogen and oxygen atoms in total. The van der Waals surface area contributed by atoms with Crippen molar-refractivity contribution in [3.8, 4) is 0 Å². The summed E-state index contributed by atoms with van der Waals surface area (Å²) in [5.41, 5.74) is 0.646. The Morgan fingerprint density at radius 2 is 2.26 bits per heavy atom. The molecule has 3 rings (SSSR count). The molecule has 2 fully saturated rings. The maximum absolute atomic E-state index is 12.6. The molecule has 0 aliphatic carbocycles. The number of nitrogens with zero attached hydrogens (tertiary/aromatic N) is 2. The summed E-state index contributed by atoms with van der Waals surface area (Å²) < 4.78 is 0. The zero-order valence-corrected chi connectivity index (χ0v) is 15.5. The zero-order valence-electron chi connectivity index (χ0n) is 14.7. The van der Waals surface area contributed by atoms with Crippen LogP contribution >= 0.6 is 11.8 Å². The highest BCUT2D eigenvalue weighted by Crippen LogP contribution is 2.13. The number of carbonyl (C=O) groups is 4. The molecule has 1 aromatic rings. The Morgan fingerprint density at radius 1 is 1.41 bits per heavy atom. The summed E-state index contributed by atoms with van der Waals surface area (Å²) in [5.74, 6) is 0.147. The van der Waals surface area contributed by atoms with Gasteiger partial charge in [0.1, 0.15) is 12.1 Å². The smallest absolute Gasteiger partial charge is 0.324 e. The molecule has 146 valence electrons. The van der Waals surface area contributed by atoms with Crippen molar-refractivity contribution in [3.05, 3.63) is 18.2 Å². The molecule has 5 amide bonds. The molecule has 27 heavy (non-hydrogen) atoms. The number of imide groups is 1. The summed E-state index contributed by atoms with van der Waals surface area (Å²) in [6, 6.07) is -2.11. The van der Waals surface area contributed by atoms with Gasteiger partial charge in [0.25, 0.3) is 5.91 Å². The normalized spacial score (nSPS) is 20.7. The number of nitrogens with one attached hydrogen (secondary N) is 4. The van der Waals surface area contributed by atoms with Crippen LogP contribution in [0, 0.1) is 0 Å². The lowest BCUT2D eigenvalue weighted by atomic mass is 10.0. The molecule has 1 unspecified atom stereocenters. The van der Waals surface area contributed by atoms with Gasteiger partial charge in [-0.05, 0) is 12.8 Å². The van der Waals surface area contributed by atoms with E-state index in [1.54, 1.807) is 22.9 Å². The maximum Gasteiger partial charge on any atom is 0.324 e. The first kappa shape index (κ1) is 19.2. The lowest BCUT2D eigenvalue weighted by molar-refractivity contribution is -0.133. The minimum absolute atomic E-state index is 0.153. The van der Waals surface area contributed by atoms with Crippen LogP contribution in [0.25, 0.3) is 0 Å². The van der Waals surface area contributed by atoms with E-state index in [2.05, 4.69) is 25.9 Å². The van der Waals surface area contributed by atoms with Gasteiger partial charge in [0.05, 0.1) is 12.2 Å². The molecular formula is C16H22N6O4S. The van der Waals surface area contributed by atoms with E-state index in [0.29, 0.717) is 37.4 Å². The molecular weight excluding hydrogens is 372 g/mol. The second kappa shape index (κ2) is 8.89. The summed E-state index contributed by atoms with van der Waals surface area (Å²) >= 11 is 1.61. The van der Waals surface area contributed by atoms with Crippen molar-refractivity contribution < 1.29 is 19.2 Å². The van der Waals surface area contributed by atoms with E-state index in [4.69, 9.17) is 0 Å². The molecule has 4 N–H and O–H groups in total. The van der Waals surface area contributed by atoms with Crippen LogP contribution in [0.15, 0.2) is 12.5 Å². The molecule has 0 aromatic carbocycles. The van der Waals surface area contributed by atoms with Crippen molar-refractivity contribution >= 4 is 35.5 Å². The quantitative estimate of drug-likeness (QED) is 0.524. The third-order valence-corrected chi connectivity index (χ3v) is 5.40. The number of amides is 5. The number of piperidine rings is 1. The number of rotatable bonds is 5. The van der Waals surface area contributed by atoms with Crippen molar-refractivity contribution in [2.75, 3.05) is 18.2 Å². The highest BCUT2D eigenvalue weighted by Gasteiger charge is 2.30. The van der Waals surface area contributed by atoms with Crippen LogP contribution in [0.1, 0.15) is 25.0 Å². The molecule has 2 atom stereocenters. The van der Waals surface area contributed by atoms with Crippen molar-refractivity contribution in [2.24, 2.45) is 0 Å². The lowest BCUT2D eigenvalue weighted by Crippen LogP contribution is -2.57. The topological polar surface area (TPSA) is 136 Å². The largest absolute Gasteiger partial charge is 0.348 e. The Balaban J connectivity index is 1.64. The van der Waals surface area contributed by atoms with E-state index in [1.165, 1.54) is 6.33 Å². The van der Waals surface area contributed by atoms with Gasteiger partial charge in [0, 0.05) is 37.0 Å². The molecule has 1 aromatic heterocycles. The van der Waals surface area contributed by atoms with Crippen molar-refractivity contribution in [1.29, 1.82) is 0 Å². The van der Waals surface area contributed by atoms with Crippen molar-refractivity contribution in [1.82, 2.24) is 30.8 Å². The standard InChI is InChI=1S/C16H22N6O4S/c23-13-3-1-2-11(19-13)14(24)20-12(6-10-7-17-8-18-10)15(25)21-16(26)22-4-5-27-9-22/h7-8,11-12H,1-6,9H2,(H,17,18)(H,19,23)(H,20,24)(H,21,25,26)/t11?,12-/m0/s1. The number of imidazole rings is 1. The van der Waals surface area contributed by atoms with Crippen LogP contribution in [0.2, 0.25) is 0 Å². The molecule has 0 bridgehead atoms. The van der Waals surface area contributed by atoms with Crippen LogP contribution in [-0.2, 0) is 20.8 Å². The highest BCUT2D eigenvalue weighted by atomic mass is 32.2. The molecule has 2 aliphatic rings. The molecule has 3 heterocycles. The summed E-state index contributed by atoms with van der Waals surface area (Å²) in [6.45, 7) is 0.579. The van der Waals surface area contributed by atoms with Gasteiger partial charge in [-0.15, -0.1) is 11.8 Å². The molecule has 0 radical (unpaired) electrons. The molecule has 2 saturated heterocycles. The minimum atomic E-state index is -0.962. The average Bonchev–Trinajstić information content (AvgIpc) is 3.35. The van der Waals surface area contributed by atoms with Crippen molar-refractivity contribution in [3.63, 3.8) is 0 Å². The monoisotopic (exact) mass is 394 g/mol. The number of aromatic amines is 1. The molecule has 0 saturated carbocycles. The summed E-state index contributed by atoms with van der Waals surface area (Å²) in [4.78, 5) is 57.1. The van der Waals surface area contributed by atoms with Crippen LogP contribution in [0.5, 0.6) is 0 Å². The highest BCUT2D eigenvalue weighted by molar-refractivity contribution is 7.99. The Kier molecular flexibility index (Phi) is 6.32. The van der Waals surface area contributed by atoms with E-state index < -0.39 is 29.9 Å². The summed E-state index contributed by atoms with van der Waals surface area (Å²) in [5, 5.41) is 7.63. The Bertz CT molecular complexity index is 704. The number of aromatic nitrogens is 2. The fourth-order valence-electron chi connectivity index (χ4n) is 2.95. The number of thioether (sulfide) groups is 1. The maximum atomic E-state index is 12.6. The molecule has 0 spiro atoms. The second-order valence-corrected chi connectivity index (χ2v) is 7.52. The van der Waals surface area contributed by atoms with Gasteiger partial charge in [0.15, 0.2) is 0 Å². The second-order valence-electron chi connectivity index (χ2n) is 6.45. The van der Waals surface area contributed by atoms with Crippen LogP contribution in [-0.4, -0.2) is 68.9 Å². The van der Waals surface area contributed by atoms with E-state index >= 15 is 0 Å². The van der Waals surface area contributed by atoms with Crippen LogP contribution < -0.4 is 16.0 Å². The summed E-state index contributed by atoms with van der Waals surface area (Å²) in [7, 11) is 0. The van der Waals surface area contributed by atoms with Gasteiger partial charge in [-0.2, -0.15) is 0 Å². The number of hydrogen-bond donors (Lipinski definition) is 4. The zero-order chi connectivity index (χ0) is 19.2. The number of urea groups is 1. The number of H-pyrrole nitrogens is 1. The third kappa shape index (κ3) is 5.22. The predicted molar refractivity (Wildman–Crippen MR) is 97.6 cm³/mol. The molecule has 11 heteroatoms. The number of carbonyl (C=O) groups excluding carboxylic acids is 4. The van der Waals surface area contributed by atoms with Gasteiger partial charge in [-0.25, -0.2) is 9.78 Å². The minimum Gasteiger partial charge on any atom is -0.348 e. The van der Waals surface area contributed by atoms with Gasteiger partial charge in [-0.1, -0.05) is 0 Å². The van der Waals surface area contributed by atoms with E-state index in [9.17, 15) is 19.2 Å². The summed E-state index contributed by atoms with van der Waals surface area (Å²) in [6.07, 6.45) is 4.70. The Morgan fingerprint density at radius 3 is 2.93 bits per heavy atom. The average molecular weight is 394 g/mol. The van der Waals surface area contributed by atoms with Gasteiger partial charge >= 0.3 is 6.03 Å². The Hall–Kier alpha value is -2.56. The fourth-order valence-corrected chi connectivity index (χ4v) is 3.89. The third-order valence-electron chi connectivity index (χ3n) is 4.43. The number of hydrogen-bond acceptors (Lipinski definition) is 6. The van der Waals surface area contributed by atoms with E-state index in [1.807, 2.05) is 0 Å². The van der Waals surface area contributed by atoms with Gasteiger partial charge in [-0.3, -0.25) is 19.7 Å². The SMILES string of the molecule is O=C1CCCC(C(=O)N[C@@H](Cc2cnc[nH]2)C(=O)NC(=O)N2CCSC2)N1. The van der Waals surface area contributed by atoms with E-state index in [-0.39, 0.29) is 12.3 Å². The predicted octanol–water partition coefficient (Wildman–Crippen LogP) is -0.652. The van der Waals surface area contributed by atoms with Gasteiger partial charge < -0.3 is 20.5 Å². The lowest BCUT2D eigenvalue weighted by Gasteiger charge is -2.25. The van der Waals surface area contributed by atoms with Crippen LogP contribution in [0.4, 0.5) is 4.79 Å². The van der Waals surface area contributed by atoms with Crippen molar-refractivity contribution in [2.45, 2.75) is 37.8 Å². The molecule has 2 aliphatic heterocycles. The first-order valence-corrected chi connectivity index (χ1v) is 9.93. The van der Waals surface area contributed by atoms with E-state index in [0.717, 1.165) is 5.75 Å². The van der Waals surface area contributed by atoms with Crippen LogP contribution in [0.3, 0.4) is 0 Å². The first-order valence-electron chi connectivity index (χ1n) is 8.77. The Labute approximate surface area is 160 Å². The first-order chi connectivity index (χ1) is 13.0. The van der Waals surface area contributed by atoms with Gasteiger partial charge in [0.2, 0.25) is 11.8 Å².